The highest BCUT2D eigenvalue weighted by molar-refractivity contribution is 5.57. The molecule has 2 rings (SSSR count). The predicted octanol–water partition coefficient (Wildman–Crippen LogP) is 6.29. The Labute approximate surface area is 191 Å². The molecule has 32 heavy (non-hydrogen) atoms. The first-order valence-electron chi connectivity index (χ1n) is 11.9. The molecule has 0 bridgehead atoms. The highest BCUT2D eigenvalue weighted by Gasteiger charge is 2.09. The van der Waals surface area contributed by atoms with E-state index in [-0.39, 0.29) is 5.69 Å². The fourth-order valence-corrected chi connectivity index (χ4v) is 3.24. The summed E-state index contributed by atoms with van der Waals surface area (Å²) in [6, 6.07) is 6.19. The minimum Gasteiger partial charge on any atom is -0.354 e. The Kier molecular flexibility index (Phi) is 11.8. The van der Waals surface area contributed by atoms with Crippen molar-refractivity contribution in [3.63, 3.8) is 0 Å². The van der Waals surface area contributed by atoms with Gasteiger partial charge in [0.2, 0.25) is 17.8 Å². The number of hydrogen-bond acceptors (Lipinski definition) is 8. The van der Waals surface area contributed by atoms with Gasteiger partial charge < -0.3 is 16.0 Å². The molecule has 0 unspecified atom stereocenters. The number of nitro groups is 1. The summed E-state index contributed by atoms with van der Waals surface area (Å²) >= 11 is 0. The van der Waals surface area contributed by atoms with Gasteiger partial charge in [-0.3, -0.25) is 10.1 Å². The molecule has 0 spiro atoms. The van der Waals surface area contributed by atoms with E-state index in [1.807, 2.05) is 0 Å². The van der Waals surface area contributed by atoms with Crippen molar-refractivity contribution in [1.29, 1.82) is 0 Å². The van der Waals surface area contributed by atoms with Crippen molar-refractivity contribution in [2.75, 3.05) is 29.0 Å². The Morgan fingerprint density at radius 1 is 0.719 bits per heavy atom. The molecule has 1 aromatic heterocycles. The van der Waals surface area contributed by atoms with Gasteiger partial charge in [-0.05, 0) is 25.0 Å². The fourth-order valence-electron chi connectivity index (χ4n) is 3.24. The van der Waals surface area contributed by atoms with E-state index in [0.29, 0.717) is 23.5 Å². The van der Waals surface area contributed by atoms with Crippen molar-refractivity contribution in [3.05, 3.63) is 34.4 Å². The Balaban J connectivity index is 1.99. The molecule has 0 radical (unpaired) electrons. The van der Waals surface area contributed by atoms with Gasteiger partial charge in [0.05, 0.1) is 4.92 Å². The zero-order valence-corrected chi connectivity index (χ0v) is 19.4. The molecule has 0 amide bonds. The van der Waals surface area contributed by atoms with E-state index in [1.165, 1.54) is 63.5 Å². The number of anilines is 4. The lowest BCUT2D eigenvalue weighted by molar-refractivity contribution is -0.384. The van der Waals surface area contributed by atoms with Gasteiger partial charge in [-0.15, -0.1) is 0 Å². The number of non-ortho nitro benzene ring substituents is 1. The number of nitrogens with zero attached hydrogens (tertiary/aromatic N) is 4. The third-order valence-electron chi connectivity index (χ3n) is 5.10. The first-order chi connectivity index (χ1) is 15.6. The van der Waals surface area contributed by atoms with Crippen LogP contribution in [-0.2, 0) is 0 Å². The SMILES string of the molecule is CCCCCCCNc1nc(NCCCCCCC)nc(Nc2ccc([N+](=O)[O-])cc2)n1. The van der Waals surface area contributed by atoms with Crippen LogP contribution in [0.25, 0.3) is 0 Å². The van der Waals surface area contributed by atoms with Gasteiger partial charge in [0, 0.05) is 30.9 Å². The monoisotopic (exact) mass is 443 g/mol. The standard InChI is InChI=1S/C23H37N7O2/c1-3-5-7-9-11-17-24-21-27-22(25-18-12-10-8-6-4-2)29-23(28-21)26-19-13-15-20(16-14-19)30(31)32/h13-16H,3-12,17-18H2,1-2H3,(H3,24,25,26,27,28,29). The van der Waals surface area contributed by atoms with Gasteiger partial charge in [-0.2, -0.15) is 15.0 Å². The summed E-state index contributed by atoms with van der Waals surface area (Å²) in [4.78, 5) is 23.9. The van der Waals surface area contributed by atoms with Crippen LogP contribution in [0.4, 0.5) is 29.2 Å². The van der Waals surface area contributed by atoms with E-state index in [2.05, 4.69) is 44.7 Å². The Hall–Kier alpha value is -2.97. The average Bonchev–Trinajstić information content (AvgIpc) is 2.79. The van der Waals surface area contributed by atoms with E-state index in [0.717, 1.165) is 25.9 Å². The first kappa shape index (κ1) is 25.3. The summed E-state index contributed by atoms with van der Waals surface area (Å²) in [5.41, 5.74) is 0.722. The van der Waals surface area contributed by atoms with E-state index >= 15 is 0 Å². The molecule has 0 saturated heterocycles. The maximum Gasteiger partial charge on any atom is 0.269 e. The van der Waals surface area contributed by atoms with Crippen LogP contribution in [0, 0.1) is 10.1 Å². The quantitative estimate of drug-likeness (QED) is 0.148. The largest absolute Gasteiger partial charge is 0.354 e. The molecule has 0 aliphatic heterocycles. The molecule has 1 aromatic carbocycles. The third kappa shape index (κ3) is 9.89. The molecule has 0 aliphatic carbocycles. The van der Waals surface area contributed by atoms with Crippen molar-refractivity contribution in [2.45, 2.75) is 78.1 Å². The Morgan fingerprint density at radius 3 is 1.66 bits per heavy atom. The second-order valence-electron chi connectivity index (χ2n) is 7.92. The molecular weight excluding hydrogens is 406 g/mol. The number of nitro benzene ring substituents is 1. The molecule has 9 heteroatoms. The normalized spacial score (nSPS) is 10.7. The zero-order chi connectivity index (χ0) is 23.0. The van der Waals surface area contributed by atoms with Crippen LogP contribution in [0.3, 0.4) is 0 Å². The molecule has 0 atom stereocenters. The summed E-state index contributed by atoms with van der Waals surface area (Å²) in [5.74, 6) is 1.44. The van der Waals surface area contributed by atoms with Gasteiger partial charge in [-0.25, -0.2) is 0 Å². The van der Waals surface area contributed by atoms with E-state index in [1.54, 1.807) is 12.1 Å². The van der Waals surface area contributed by atoms with Crippen molar-refractivity contribution < 1.29 is 4.92 Å². The highest BCUT2D eigenvalue weighted by Crippen LogP contribution is 2.19. The summed E-state index contributed by atoms with van der Waals surface area (Å²) in [6.45, 7) is 6.03. The molecule has 176 valence electrons. The summed E-state index contributed by atoms with van der Waals surface area (Å²) < 4.78 is 0. The summed E-state index contributed by atoms with van der Waals surface area (Å²) in [7, 11) is 0. The van der Waals surface area contributed by atoms with Crippen LogP contribution < -0.4 is 16.0 Å². The minimum atomic E-state index is -0.419. The van der Waals surface area contributed by atoms with Crippen molar-refractivity contribution in [2.24, 2.45) is 0 Å². The first-order valence-corrected chi connectivity index (χ1v) is 11.9. The van der Waals surface area contributed by atoms with Crippen LogP contribution in [0.1, 0.15) is 78.1 Å². The predicted molar refractivity (Wildman–Crippen MR) is 131 cm³/mol. The molecule has 3 N–H and O–H groups in total. The second-order valence-corrected chi connectivity index (χ2v) is 7.92. The van der Waals surface area contributed by atoms with Crippen molar-refractivity contribution in [3.8, 4) is 0 Å². The smallest absolute Gasteiger partial charge is 0.269 e. The molecule has 0 aliphatic rings. The van der Waals surface area contributed by atoms with E-state index in [9.17, 15) is 10.1 Å². The summed E-state index contributed by atoms with van der Waals surface area (Å²) in [5, 5.41) is 20.6. The maximum atomic E-state index is 10.9. The number of aromatic nitrogens is 3. The lowest BCUT2D eigenvalue weighted by atomic mass is 10.1. The number of rotatable bonds is 17. The Morgan fingerprint density at radius 2 is 1.19 bits per heavy atom. The Bertz CT molecular complexity index is 765. The number of benzene rings is 1. The fraction of sp³-hybridized carbons (Fsp3) is 0.609. The molecule has 0 fully saturated rings. The number of unbranched alkanes of at least 4 members (excludes halogenated alkanes) is 8. The van der Waals surface area contributed by atoms with Crippen LogP contribution >= 0.6 is 0 Å². The van der Waals surface area contributed by atoms with Crippen LogP contribution in [0.2, 0.25) is 0 Å². The van der Waals surface area contributed by atoms with E-state index in [4.69, 9.17) is 0 Å². The molecule has 1 heterocycles. The molecule has 2 aromatic rings. The number of hydrogen-bond donors (Lipinski definition) is 3. The average molecular weight is 444 g/mol. The molecule has 9 nitrogen and oxygen atoms in total. The third-order valence-corrected chi connectivity index (χ3v) is 5.10. The zero-order valence-electron chi connectivity index (χ0n) is 19.4. The lowest BCUT2D eigenvalue weighted by Gasteiger charge is -2.11. The van der Waals surface area contributed by atoms with Crippen molar-refractivity contribution in [1.82, 2.24) is 15.0 Å². The summed E-state index contributed by atoms with van der Waals surface area (Å²) in [6.07, 6.45) is 12.0. The highest BCUT2D eigenvalue weighted by atomic mass is 16.6. The molecular formula is C23H37N7O2. The van der Waals surface area contributed by atoms with Crippen LogP contribution in [0.15, 0.2) is 24.3 Å². The van der Waals surface area contributed by atoms with E-state index < -0.39 is 4.92 Å². The minimum absolute atomic E-state index is 0.0436. The van der Waals surface area contributed by atoms with Crippen LogP contribution in [-0.4, -0.2) is 33.0 Å². The van der Waals surface area contributed by atoms with Gasteiger partial charge in [0.25, 0.3) is 5.69 Å². The maximum absolute atomic E-state index is 10.9. The van der Waals surface area contributed by atoms with Crippen molar-refractivity contribution >= 4 is 29.2 Å². The number of nitrogens with one attached hydrogen (secondary N) is 3. The van der Waals surface area contributed by atoms with Gasteiger partial charge in [0.1, 0.15) is 0 Å². The topological polar surface area (TPSA) is 118 Å². The second kappa shape index (κ2) is 14.9. The van der Waals surface area contributed by atoms with Gasteiger partial charge >= 0.3 is 0 Å². The van der Waals surface area contributed by atoms with Crippen LogP contribution in [0.5, 0.6) is 0 Å². The lowest BCUT2D eigenvalue weighted by Crippen LogP contribution is -2.12. The van der Waals surface area contributed by atoms with Gasteiger partial charge in [0.15, 0.2) is 0 Å². The van der Waals surface area contributed by atoms with Gasteiger partial charge in [-0.1, -0.05) is 65.2 Å². The molecule has 0 saturated carbocycles.